The summed E-state index contributed by atoms with van der Waals surface area (Å²) >= 11 is 0. The highest BCUT2D eigenvalue weighted by Crippen LogP contribution is 2.14. The first kappa shape index (κ1) is 12.9. The SMILES string of the molecule is CC(=O)Oc1ccc(C(=O)CCC(=O)O)cc1. The van der Waals surface area contributed by atoms with Gasteiger partial charge < -0.3 is 9.84 Å². The predicted molar refractivity (Wildman–Crippen MR) is 59.0 cm³/mol. The Morgan fingerprint density at radius 1 is 1.12 bits per heavy atom. The lowest BCUT2D eigenvalue weighted by Gasteiger charge is -2.02. The molecule has 1 aromatic carbocycles. The maximum atomic E-state index is 11.5. The number of hydrogen-bond acceptors (Lipinski definition) is 4. The number of hydrogen-bond donors (Lipinski definition) is 1. The van der Waals surface area contributed by atoms with Crippen molar-refractivity contribution in [3.63, 3.8) is 0 Å². The largest absolute Gasteiger partial charge is 0.481 e. The van der Waals surface area contributed by atoms with Crippen LogP contribution in [0.3, 0.4) is 0 Å². The molecule has 0 heterocycles. The second kappa shape index (κ2) is 5.79. The first-order valence-corrected chi connectivity index (χ1v) is 5.02. The van der Waals surface area contributed by atoms with Gasteiger partial charge in [0.05, 0.1) is 6.42 Å². The molecule has 0 saturated heterocycles. The van der Waals surface area contributed by atoms with Gasteiger partial charge >= 0.3 is 11.9 Å². The molecule has 1 aromatic rings. The average molecular weight is 236 g/mol. The molecule has 0 atom stereocenters. The molecule has 0 bridgehead atoms. The van der Waals surface area contributed by atoms with E-state index in [1.54, 1.807) is 0 Å². The molecule has 5 nitrogen and oxygen atoms in total. The number of carboxylic acid groups (broad SMARTS) is 1. The van der Waals surface area contributed by atoms with Gasteiger partial charge in [0.1, 0.15) is 5.75 Å². The Morgan fingerprint density at radius 3 is 2.18 bits per heavy atom. The number of esters is 1. The molecule has 0 unspecified atom stereocenters. The molecule has 0 fully saturated rings. The van der Waals surface area contributed by atoms with E-state index in [-0.39, 0.29) is 18.6 Å². The van der Waals surface area contributed by atoms with Crippen molar-refractivity contribution in [2.24, 2.45) is 0 Å². The molecule has 5 heteroatoms. The van der Waals surface area contributed by atoms with Crippen molar-refractivity contribution in [3.8, 4) is 5.75 Å². The first-order chi connectivity index (χ1) is 7.99. The van der Waals surface area contributed by atoms with E-state index in [1.165, 1.54) is 31.2 Å². The van der Waals surface area contributed by atoms with E-state index in [2.05, 4.69) is 0 Å². The van der Waals surface area contributed by atoms with Crippen molar-refractivity contribution in [2.45, 2.75) is 19.8 Å². The fraction of sp³-hybridized carbons (Fsp3) is 0.250. The van der Waals surface area contributed by atoms with Gasteiger partial charge in [0.15, 0.2) is 5.78 Å². The Morgan fingerprint density at radius 2 is 1.71 bits per heavy atom. The van der Waals surface area contributed by atoms with Crippen LogP contribution in [0.25, 0.3) is 0 Å². The average Bonchev–Trinajstić information content (AvgIpc) is 2.26. The van der Waals surface area contributed by atoms with Crippen molar-refractivity contribution in [1.82, 2.24) is 0 Å². The molecule has 0 aliphatic heterocycles. The predicted octanol–water partition coefficient (Wildman–Crippen LogP) is 1.66. The zero-order valence-corrected chi connectivity index (χ0v) is 9.30. The van der Waals surface area contributed by atoms with Gasteiger partial charge in [0.2, 0.25) is 0 Å². The lowest BCUT2D eigenvalue weighted by molar-refractivity contribution is -0.137. The van der Waals surface area contributed by atoms with E-state index in [1.807, 2.05) is 0 Å². The molecule has 1 N–H and O–H groups in total. The smallest absolute Gasteiger partial charge is 0.308 e. The lowest BCUT2D eigenvalue weighted by atomic mass is 10.1. The molecule has 90 valence electrons. The van der Waals surface area contributed by atoms with E-state index >= 15 is 0 Å². The summed E-state index contributed by atoms with van der Waals surface area (Å²) in [6.07, 6.45) is -0.229. The Kier molecular flexibility index (Phi) is 4.39. The van der Waals surface area contributed by atoms with Crippen molar-refractivity contribution in [3.05, 3.63) is 29.8 Å². The van der Waals surface area contributed by atoms with E-state index < -0.39 is 11.9 Å². The third-order valence-corrected chi connectivity index (χ3v) is 2.00. The standard InChI is InChI=1S/C12H12O5/c1-8(13)17-10-4-2-9(3-5-10)11(14)6-7-12(15)16/h2-5H,6-7H2,1H3,(H,15,16). The van der Waals surface area contributed by atoms with Crippen molar-refractivity contribution < 1.29 is 24.2 Å². The molecule has 0 radical (unpaired) electrons. The van der Waals surface area contributed by atoms with Gasteiger partial charge in [-0.15, -0.1) is 0 Å². The number of carboxylic acids is 1. The summed E-state index contributed by atoms with van der Waals surface area (Å²) in [4.78, 5) is 32.5. The third-order valence-electron chi connectivity index (χ3n) is 2.00. The van der Waals surface area contributed by atoms with Crippen molar-refractivity contribution >= 4 is 17.7 Å². The molecule has 0 spiro atoms. The van der Waals surface area contributed by atoms with Gasteiger partial charge in [-0.05, 0) is 24.3 Å². The van der Waals surface area contributed by atoms with Crippen molar-refractivity contribution in [2.75, 3.05) is 0 Å². The normalized spacial score (nSPS) is 9.71. The van der Waals surface area contributed by atoms with Gasteiger partial charge in [-0.2, -0.15) is 0 Å². The van der Waals surface area contributed by atoms with Crippen LogP contribution in [0.5, 0.6) is 5.75 Å². The monoisotopic (exact) mass is 236 g/mol. The Hall–Kier alpha value is -2.17. The highest BCUT2D eigenvalue weighted by atomic mass is 16.5. The molecule has 17 heavy (non-hydrogen) atoms. The number of ketones is 1. The van der Waals surface area contributed by atoms with Crippen LogP contribution >= 0.6 is 0 Å². The molecule has 0 aliphatic rings. The number of aliphatic carboxylic acids is 1. The van der Waals surface area contributed by atoms with Gasteiger partial charge in [0.25, 0.3) is 0 Å². The molecule has 0 aromatic heterocycles. The van der Waals surface area contributed by atoms with E-state index in [0.717, 1.165) is 0 Å². The summed E-state index contributed by atoms with van der Waals surface area (Å²) in [5.74, 6) is -1.33. The lowest BCUT2D eigenvalue weighted by Crippen LogP contribution is -2.04. The number of rotatable bonds is 5. The highest BCUT2D eigenvalue weighted by Gasteiger charge is 2.08. The summed E-state index contributed by atoms with van der Waals surface area (Å²) < 4.78 is 4.80. The Labute approximate surface area is 98.0 Å². The van der Waals surface area contributed by atoms with Gasteiger partial charge in [-0.25, -0.2) is 0 Å². The van der Waals surface area contributed by atoms with Crippen LogP contribution in [-0.4, -0.2) is 22.8 Å². The maximum absolute atomic E-state index is 11.5. The zero-order chi connectivity index (χ0) is 12.8. The van der Waals surface area contributed by atoms with Crippen LogP contribution < -0.4 is 4.74 Å². The quantitative estimate of drug-likeness (QED) is 0.477. The second-order valence-electron chi connectivity index (χ2n) is 3.43. The summed E-state index contributed by atoms with van der Waals surface area (Å²) in [5.41, 5.74) is 0.405. The fourth-order valence-electron chi connectivity index (χ4n) is 1.24. The van der Waals surface area contributed by atoms with Crippen LogP contribution in [0.15, 0.2) is 24.3 Å². The van der Waals surface area contributed by atoms with Crippen LogP contribution in [0.4, 0.5) is 0 Å². The molecule has 0 amide bonds. The maximum Gasteiger partial charge on any atom is 0.308 e. The zero-order valence-electron chi connectivity index (χ0n) is 9.30. The first-order valence-electron chi connectivity index (χ1n) is 5.02. The summed E-state index contributed by atoms with van der Waals surface area (Å²) in [7, 11) is 0. The second-order valence-corrected chi connectivity index (χ2v) is 3.43. The summed E-state index contributed by atoms with van der Waals surface area (Å²) in [6, 6.07) is 6.00. The van der Waals surface area contributed by atoms with Crippen LogP contribution in [-0.2, 0) is 9.59 Å². The number of ether oxygens (including phenoxy) is 1. The molecule has 0 saturated carbocycles. The van der Waals surface area contributed by atoms with E-state index in [0.29, 0.717) is 11.3 Å². The minimum Gasteiger partial charge on any atom is -0.481 e. The highest BCUT2D eigenvalue weighted by molar-refractivity contribution is 5.97. The topological polar surface area (TPSA) is 80.7 Å². The van der Waals surface area contributed by atoms with Gasteiger partial charge in [-0.1, -0.05) is 0 Å². The molecule has 1 rings (SSSR count). The van der Waals surface area contributed by atoms with Crippen LogP contribution in [0, 0.1) is 0 Å². The minimum absolute atomic E-state index is 0.0394. The summed E-state index contributed by atoms with van der Waals surface area (Å²) in [6.45, 7) is 1.28. The Balaban J connectivity index is 2.63. The van der Waals surface area contributed by atoms with E-state index in [9.17, 15) is 14.4 Å². The fourth-order valence-corrected chi connectivity index (χ4v) is 1.24. The van der Waals surface area contributed by atoms with Crippen LogP contribution in [0.2, 0.25) is 0 Å². The summed E-state index contributed by atoms with van der Waals surface area (Å²) in [5, 5.41) is 8.44. The van der Waals surface area contributed by atoms with Crippen LogP contribution in [0.1, 0.15) is 30.1 Å². The molecule has 0 aliphatic carbocycles. The van der Waals surface area contributed by atoms with E-state index in [4.69, 9.17) is 9.84 Å². The van der Waals surface area contributed by atoms with Gasteiger partial charge in [0, 0.05) is 18.9 Å². The van der Waals surface area contributed by atoms with Crippen molar-refractivity contribution in [1.29, 1.82) is 0 Å². The minimum atomic E-state index is -1.00. The number of benzene rings is 1. The molecular weight excluding hydrogens is 224 g/mol. The number of Topliss-reactive ketones (excluding diaryl/α,β-unsaturated/α-hetero) is 1. The number of carbonyl (C=O) groups is 3. The number of carbonyl (C=O) groups excluding carboxylic acids is 2. The third kappa shape index (κ3) is 4.46. The van der Waals surface area contributed by atoms with Gasteiger partial charge in [-0.3, -0.25) is 14.4 Å². The molecular formula is C12H12O5. The Bertz CT molecular complexity index is 433.